The summed E-state index contributed by atoms with van der Waals surface area (Å²) >= 11 is 0. The number of pyridine rings is 1. The van der Waals surface area contributed by atoms with Gasteiger partial charge in [0.2, 0.25) is 0 Å². The molecule has 218 valence electrons. The van der Waals surface area contributed by atoms with Gasteiger partial charge in [0.25, 0.3) is 0 Å². The highest BCUT2D eigenvalue weighted by atomic mass is 16.5. The number of nitrogens with zero attached hydrogens (tertiary/aromatic N) is 6. The second kappa shape index (κ2) is 10.5. The van der Waals surface area contributed by atoms with E-state index in [0.29, 0.717) is 5.82 Å². The van der Waals surface area contributed by atoms with Crippen LogP contribution >= 0.6 is 0 Å². The molecule has 0 radical (unpaired) electrons. The zero-order valence-corrected chi connectivity index (χ0v) is 25.4. The zero-order valence-electron chi connectivity index (χ0n) is 25.4. The second-order valence-electron chi connectivity index (χ2n) is 12.6. The number of rotatable bonds is 5. The third-order valence-corrected chi connectivity index (χ3v) is 8.05. The molecule has 1 amide bonds. The monoisotopic (exact) mass is 566 g/mol. The molecule has 0 aliphatic heterocycles. The molecule has 1 unspecified atom stereocenters. The van der Waals surface area contributed by atoms with Crippen molar-refractivity contribution in [2.24, 2.45) is 0 Å². The maximum atomic E-state index is 13.1. The number of aromatic nitrogens is 7. The fourth-order valence-corrected chi connectivity index (χ4v) is 5.91. The maximum Gasteiger partial charge on any atom is 0.315 e. The summed E-state index contributed by atoms with van der Waals surface area (Å²) in [5, 5.41) is 11.9. The van der Waals surface area contributed by atoms with Crippen LogP contribution < -0.4 is 5.32 Å². The molecule has 0 saturated heterocycles. The molecule has 42 heavy (non-hydrogen) atoms. The summed E-state index contributed by atoms with van der Waals surface area (Å²) in [6.07, 6.45) is 5.67. The van der Waals surface area contributed by atoms with Crippen LogP contribution in [0.5, 0.6) is 0 Å². The van der Waals surface area contributed by atoms with E-state index in [1.54, 1.807) is 0 Å². The highest BCUT2D eigenvalue weighted by Gasteiger charge is 2.27. The molecule has 0 fully saturated rings. The van der Waals surface area contributed by atoms with Crippen molar-refractivity contribution in [3.8, 4) is 22.5 Å². The molecule has 0 bridgehead atoms. The largest absolute Gasteiger partial charge is 0.341 e. The summed E-state index contributed by atoms with van der Waals surface area (Å²) in [6.45, 7) is 14.3. The van der Waals surface area contributed by atoms with Gasteiger partial charge in [-0.15, -0.1) is 0 Å². The summed E-state index contributed by atoms with van der Waals surface area (Å²) in [6, 6.07) is 8.63. The first kappa shape index (κ1) is 27.8. The third kappa shape index (κ3) is 4.99. The highest BCUT2D eigenvalue weighted by molar-refractivity contribution is 5.92. The number of fused-ring (bicyclic) bond motifs is 2. The highest BCUT2D eigenvalue weighted by Crippen LogP contribution is 2.35. The van der Waals surface area contributed by atoms with E-state index in [9.17, 15) is 4.79 Å². The summed E-state index contributed by atoms with van der Waals surface area (Å²) < 4.78 is 7.34. The van der Waals surface area contributed by atoms with Crippen LogP contribution in [0.2, 0.25) is 0 Å². The molecule has 1 aliphatic rings. The van der Waals surface area contributed by atoms with Crippen molar-refractivity contribution in [3.05, 3.63) is 64.7 Å². The number of imidazole rings is 1. The van der Waals surface area contributed by atoms with E-state index < -0.39 is 0 Å². The first-order chi connectivity index (χ1) is 20.0. The van der Waals surface area contributed by atoms with Crippen LogP contribution in [-0.2, 0) is 11.8 Å². The average Bonchev–Trinajstić information content (AvgIpc) is 3.64. The van der Waals surface area contributed by atoms with Gasteiger partial charge in [-0.05, 0) is 69.7 Å². The van der Waals surface area contributed by atoms with Gasteiger partial charge in [0.1, 0.15) is 11.3 Å². The minimum Gasteiger partial charge on any atom is -0.341 e. The molecule has 4 aromatic heterocycles. The van der Waals surface area contributed by atoms with Crippen molar-refractivity contribution in [1.82, 2.24) is 40.2 Å². The predicted molar refractivity (Wildman–Crippen MR) is 161 cm³/mol. The Labute approximate surface area is 245 Å². The number of aryl methyl sites for hydroxylation is 2. The molecule has 10 nitrogen and oxygen atoms in total. The summed E-state index contributed by atoms with van der Waals surface area (Å²) in [4.78, 5) is 30.5. The van der Waals surface area contributed by atoms with E-state index in [1.165, 1.54) is 5.56 Å². The molecule has 1 atom stereocenters. The van der Waals surface area contributed by atoms with E-state index in [0.717, 1.165) is 76.3 Å². The van der Waals surface area contributed by atoms with Crippen LogP contribution in [-0.4, -0.2) is 40.8 Å². The van der Waals surface area contributed by atoms with Crippen molar-refractivity contribution < 1.29 is 9.32 Å². The number of amides is 1. The van der Waals surface area contributed by atoms with Crippen molar-refractivity contribution in [2.75, 3.05) is 0 Å². The van der Waals surface area contributed by atoms with Gasteiger partial charge in [-0.3, -0.25) is 9.48 Å². The smallest absolute Gasteiger partial charge is 0.315 e. The van der Waals surface area contributed by atoms with E-state index >= 15 is 0 Å². The van der Waals surface area contributed by atoms with Crippen molar-refractivity contribution in [3.63, 3.8) is 0 Å². The van der Waals surface area contributed by atoms with Gasteiger partial charge in [0.15, 0.2) is 11.5 Å². The molecule has 6 rings (SSSR count). The van der Waals surface area contributed by atoms with E-state index in [-0.39, 0.29) is 29.3 Å². The van der Waals surface area contributed by atoms with E-state index in [1.807, 2.05) is 44.6 Å². The minimum atomic E-state index is -0.341. The quantitative estimate of drug-likeness (QED) is 0.231. The summed E-state index contributed by atoms with van der Waals surface area (Å²) in [5.74, 6) is 0.953. The van der Waals surface area contributed by atoms with Crippen LogP contribution in [0.4, 0.5) is 0 Å². The summed E-state index contributed by atoms with van der Waals surface area (Å²) in [7, 11) is 0. The van der Waals surface area contributed by atoms with Crippen molar-refractivity contribution >= 4 is 17.1 Å². The number of benzene rings is 1. The second-order valence-corrected chi connectivity index (χ2v) is 12.6. The van der Waals surface area contributed by atoms with Gasteiger partial charge in [-0.25, -0.2) is 9.97 Å². The average molecular weight is 567 g/mol. The Morgan fingerprint density at radius 1 is 1.14 bits per heavy atom. The molecule has 2 N–H and O–H groups in total. The van der Waals surface area contributed by atoms with E-state index in [4.69, 9.17) is 14.6 Å². The molecule has 0 spiro atoms. The molecule has 10 heteroatoms. The molecular formula is C32H38N8O2. The summed E-state index contributed by atoms with van der Waals surface area (Å²) in [5.41, 5.74) is 8.75. The van der Waals surface area contributed by atoms with Crippen LogP contribution in [0.15, 0.2) is 35.0 Å². The normalized spacial score (nSPS) is 15.7. The molecule has 4 heterocycles. The Balaban J connectivity index is 1.32. The standard InChI is InChI=1S/C32H38N8O2/c1-17(2)40-19(4)25(18(3)38-40)27-35-26-23(14-15-33-28(26)36-27)21-12-13-22-20(16-21)10-8-9-11-24(22)34-29(41)30-37-31(39-42-30)32(5,6)7/h12-17,24H,8-11H2,1-7H3,(H,34,41)(H,33,35,36). The van der Waals surface area contributed by atoms with Crippen LogP contribution in [0.1, 0.15) is 105 Å². The topological polar surface area (TPSA) is 127 Å². The molecule has 1 aliphatic carbocycles. The molecule has 5 aromatic rings. The lowest BCUT2D eigenvalue weighted by Crippen LogP contribution is -2.29. The van der Waals surface area contributed by atoms with Crippen LogP contribution in [0.3, 0.4) is 0 Å². The number of hydrogen-bond acceptors (Lipinski definition) is 7. The lowest BCUT2D eigenvalue weighted by molar-refractivity contribution is 0.0890. The number of nitrogens with one attached hydrogen (secondary N) is 2. The fraction of sp³-hybridized carbons (Fsp3) is 0.438. The first-order valence-corrected chi connectivity index (χ1v) is 14.7. The third-order valence-electron chi connectivity index (χ3n) is 8.05. The van der Waals surface area contributed by atoms with Crippen molar-refractivity contribution in [2.45, 2.75) is 91.6 Å². The maximum absolute atomic E-state index is 13.1. The Kier molecular flexibility index (Phi) is 6.95. The lowest BCUT2D eigenvalue weighted by atomic mass is 9.94. The van der Waals surface area contributed by atoms with Gasteiger partial charge in [-0.1, -0.05) is 50.5 Å². The van der Waals surface area contributed by atoms with Gasteiger partial charge >= 0.3 is 11.8 Å². The fourth-order valence-electron chi connectivity index (χ4n) is 5.91. The van der Waals surface area contributed by atoms with E-state index in [2.05, 4.69) is 64.4 Å². The molecular weight excluding hydrogens is 528 g/mol. The Morgan fingerprint density at radius 3 is 2.67 bits per heavy atom. The van der Waals surface area contributed by atoms with Gasteiger partial charge in [-0.2, -0.15) is 10.1 Å². The van der Waals surface area contributed by atoms with Crippen LogP contribution in [0.25, 0.3) is 33.7 Å². The zero-order chi connectivity index (χ0) is 29.8. The number of H-pyrrole nitrogens is 1. The SMILES string of the molecule is Cc1nn(C(C)C)c(C)c1-c1nc2c(-c3ccc4c(c3)CCCCC4NC(=O)c3nc(C(C)(C)C)no3)ccnc2[nH]1. The van der Waals surface area contributed by atoms with Gasteiger partial charge in [0, 0.05) is 28.9 Å². The molecule has 0 saturated carbocycles. The number of carbonyl (C=O) groups excluding carboxylic acids is 1. The van der Waals surface area contributed by atoms with Crippen LogP contribution in [0, 0.1) is 13.8 Å². The molecule has 1 aromatic carbocycles. The number of hydrogen-bond donors (Lipinski definition) is 2. The predicted octanol–water partition coefficient (Wildman–Crippen LogP) is 6.56. The Bertz CT molecular complexity index is 1790. The van der Waals surface area contributed by atoms with Crippen molar-refractivity contribution in [1.29, 1.82) is 0 Å². The lowest BCUT2D eigenvalue weighted by Gasteiger charge is -2.19. The first-order valence-electron chi connectivity index (χ1n) is 14.7. The minimum absolute atomic E-state index is 0.000247. The number of carbonyl (C=O) groups is 1. The Hall–Kier alpha value is -4.34. The number of aromatic amines is 1. The van der Waals surface area contributed by atoms with Gasteiger partial charge in [0.05, 0.1) is 17.3 Å². The Morgan fingerprint density at radius 2 is 1.95 bits per heavy atom. The van der Waals surface area contributed by atoms with Gasteiger partial charge < -0.3 is 14.8 Å².